The van der Waals surface area contributed by atoms with Crippen molar-refractivity contribution in [2.24, 2.45) is 23.7 Å². The van der Waals surface area contributed by atoms with E-state index >= 15 is 8.78 Å². The highest BCUT2D eigenvalue weighted by Crippen LogP contribution is 2.52. The Bertz CT molecular complexity index is 2310. The number of benzene rings is 3. The van der Waals surface area contributed by atoms with Gasteiger partial charge >= 0.3 is 5.97 Å². The van der Waals surface area contributed by atoms with Crippen molar-refractivity contribution < 1.29 is 18.3 Å². The lowest BCUT2D eigenvalue weighted by Gasteiger charge is -2.47. The number of esters is 1. The number of aromatic nitrogens is 5. The van der Waals surface area contributed by atoms with Gasteiger partial charge in [0.25, 0.3) is 0 Å². The molecule has 3 aromatic heterocycles. The van der Waals surface area contributed by atoms with Gasteiger partial charge in [0.2, 0.25) is 6.04 Å². The Morgan fingerprint density at radius 1 is 0.891 bits per heavy atom. The molecule has 3 aromatic carbocycles. The van der Waals surface area contributed by atoms with Crippen molar-refractivity contribution in [3.63, 3.8) is 0 Å². The highest BCUT2D eigenvalue weighted by Gasteiger charge is 2.51. The number of pyridine rings is 1. The third-order valence-electron chi connectivity index (χ3n) is 12.2. The highest BCUT2D eigenvalue weighted by atomic mass is 19.1. The maximum absolute atomic E-state index is 16.8. The van der Waals surface area contributed by atoms with Crippen LogP contribution >= 0.6 is 0 Å². The first-order chi connectivity index (χ1) is 26.9. The van der Waals surface area contributed by atoms with Crippen LogP contribution in [0.4, 0.5) is 8.78 Å². The van der Waals surface area contributed by atoms with E-state index in [1.807, 2.05) is 103 Å². The standard InChI is InChI=1S/C45H40F2N6O2/c1-3-55-44(54)38-28-21-19-27(20-22-28)33(38)24-37-39(47)40(34-25-36(34)48-2)51-42(50-37)41-35-23-32(46)26-49-43(35)53(52-41)45(29-13-7-4-8-14-29,30-15-9-5-10-16-30)31-17-11-6-12-18-31/h4-18,23,26-28,33-34,36,38H,3,19-22,24-25H2,1H3/t27?,28?,33-,34?,36?,38-/m0/s1. The monoisotopic (exact) mass is 734 g/mol. The van der Waals surface area contributed by atoms with Crippen molar-refractivity contribution in [1.29, 1.82) is 0 Å². The van der Waals surface area contributed by atoms with Gasteiger partial charge in [0.1, 0.15) is 17.1 Å². The number of hydrogen-bond acceptors (Lipinski definition) is 6. The molecule has 0 amide bonds. The Kier molecular flexibility index (Phi) is 8.96. The minimum Gasteiger partial charge on any atom is -0.466 e. The van der Waals surface area contributed by atoms with E-state index in [9.17, 15) is 4.79 Å². The first-order valence-electron chi connectivity index (χ1n) is 19.2. The summed E-state index contributed by atoms with van der Waals surface area (Å²) >= 11 is 0. The normalized spacial score (nSPS) is 23.0. The summed E-state index contributed by atoms with van der Waals surface area (Å²) < 4.78 is 39.6. The van der Waals surface area contributed by atoms with Gasteiger partial charge in [-0.05, 0) is 79.5 Å². The number of ether oxygens (including phenoxy) is 1. The Hall–Kier alpha value is -5.82. The van der Waals surface area contributed by atoms with Crippen LogP contribution in [0.3, 0.4) is 0 Å². The quantitative estimate of drug-likeness (QED) is 0.0794. The molecule has 4 fully saturated rings. The van der Waals surface area contributed by atoms with E-state index in [2.05, 4.69) is 9.83 Å². The minimum atomic E-state index is -1.09. The van der Waals surface area contributed by atoms with Crippen LogP contribution in [0, 0.1) is 41.9 Å². The van der Waals surface area contributed by atoms with Crippen LogP contribution < -0.4 is 0 Å². The third-order valence-corrected chi connectivity index (χ3v) is 12.2. The van der Waals surface area contributed by atoms with Gasteiger partial charge in [-0.2, -0.15) is 5.10 Å². The van der Waals surface area contributed by atoms with Crippen molar-refractivity contribution in [3.8, 4) is 11.5 Å². The number of nitrogens with zero attached hydrogens (tertiary/aromatic N) is 6. The molecule has 0 saturated heterocycles. The van der Waals surface area contributed by atoms with E-state index in [4.69, 9.17) is 26.4 Å². The summed E-state index contributed by atoms with van der Waals surface area (Å²) in [7, 11) is 0. The molecule has 6 aromatic rings. The summed E-state index contributed by atoms with van der Waals surface area (Å²) in [4.78, 5) is 31.6. The van der Waals surface area contributed by atoms with Gasteiger partial charge in [0.05, 0.1) is 41.4 Å². The number of carbonyl (C=O) groups excluding carboxylic acids is 1. The molecule has 10 heteroatoms. The maximum Gasteiger partial charge on any atom is 0.309 e. The number of halogens is 2. The van der Waals surface area contributed by atoms with Gasteiger partial charge in [-0.3, -0.25) is 4.79 Å². The molecule has 0 radical (unpaired) electrons. The molecule has 276 valence electrons. The zero-order chi connectivity index (χ0) is 37.7. The molecule has 0 N–H and O–H groups in total. The zero-order valence-corrected chi connectivity index (χ0v) is 30.5. The van der Waals surface area contributed by atoms with Crippen molar-refractivity contribution in [2.45, 2.75) is 62.9 Å². The van der Waals surface area contributed by atoms with E-state index in [0.717, 1.165) is 42.4 Å². The second kappa shape index (κ2) is 14.1. The molecule has 8 nitrogen and oxygen atoms in total. The van der Waals surface area contributed by atoms with E-state index in [-0.39, 0.29) is 65.6 Å². The largest absolute Gasteiger partial charge is 0.466 e. The SMILES string of the molecule is [C-]#[N+]C1CC1c1nc(-c2nn(C(c3ccccc3)(c3ccccc3)c3ccccc3)c3ncc(F)cc23)nc(C[C@H]2C3CCC(CC3)[C@@H]2C(=O)OCC)c1F. The highest BCUT2D eigenvalue weighted by molar-refractivity contribution is 5.90. The number of carbonyl (C=O) groups is 1. The fraction of sp³-hybridized carbons (Fsp3) is 0.333. The van der Waals surface area contributed by atoms with Crippen LogP contribution in [-0.4, -0.2) is 43.4 Å². The molecule has 2 unspecified atom stereocenters. The fourth-order valence-corrected chi connectivity index (χ4v) is 9.60. The van der Waals surface area contributed by atoms with Gasteiger partial charge in [0.15, 0.2) is 17.3 Å². The predicted molar refractivity (Wildman–Crippen MR) is 204 cm³/mol. The Morgan fingerprint density at radius 3 is 2.05 bits per heavy atom. The Balaban J connectivity index is 1.28. The smallest absolute Gasteiger partial charge is 0.309 e. The lowest BCUT2D eigenvalue weighted by Crippen LogP contribution is -2.45. The summed E-state index contributed by atoms with van der Waals surface area (Å²) in [5, 5.41) is 5.66. The lowest BCUT2D eigenvalue weighted by molar-refractivity contribution is -0.158. The van der Waals surface area contributed by atoms with Gasteiger partial charge in [-0.25, -0.2) is 35.0 Å². The molecule has 2 bridgehead atoms. The van der Waals surface area contributed by atoms with Crippen LogP contribution in [-0.2, 0) is 21.5 Å². The number of fused-ring (bicyclic) bond motifs is 4. The molecule has 4 aliphatic rings. The average Bonchev–Trinajstić information content (AvgIpc) is 3.93. The molecule has 10 rings (SSSR count). The molecule has 4 saturated carbocycles. The van der Waals surface area contributed by atoms with E-state index in [1.165, 1.54) is 12.3 Å². The second-order valence-electron chi connectivity index (χ2n) is 15.1. The Labute approximate surface area is 318 Å². The van der Waals surface area contributed by atoms with Crippen LogP contribution in [0.15, 0.2) is 103 Å². The van der Waals surface area contributed by atoms with Gasteiger partial charge in [-0.15, -0.1) is 0 Å². The number of rotatable bonds is 10. The predicted octanol–water partition coefficient (Wildman–Crippen LogP) is 8.94. The molecular weight excluding hydrogens is 695 g/mol. The summed E-state index contributed by atoms with van der Waals surface area (Å²) in [5.74, 6) is -1.66. The van der Waals surface area contributed by atoms with Crippen LogP contribution in [0.1, 0.15) is 73.0 Å². The summed E-state index contributed by atoms with van der Waals surface area (Å²) in [5.41, 5.74) is 2.60. The second-order valence-corrected chi connectivity index (χ2v) is 15.1. The molecule has 55 heavy (non-hydrogen) atoms. The molecule has 4 aliphatic carbocycles. The van der Waals surface area contributed by atoms with Gasteiger partial charge in [0, 0.05) is 6.42 Å². The lowest BCUT2D eigenvalue weighted by atomic mass is 9.57. The van der Waals surface area contributed by atoms with Crippen molar-refractivity contribution in [2.75, 3.05) is 6.61 Å². The molecule has 3 heterocycles. The van der Waals surface area contributed by atoms with Crippen molar-refractivity contribution in [1.82, 2.24) is 24.7 Å². The molecule has 0 spiro atoms. The molecular formula is C45H40F2N6O2. The topological polar surface area (TPSA) is 87.2 Å². The summed E-state index contributed by atoms with van der Waals surface area (Å²) in [6, 6.07) is 30.9. The van der Waals surface area contributed by atoms with E-state index in [1.54, 1.807) is 0 Å². The van der Waals surface area contributed by atoms with Crippen LogP contribution in [0.2, 0.25) is 0 Å². The van der Waals surface area contributed by atoms with Crippen LogP contribution in [0.25, 0.3) is 27.4 Å². The van der Waals surface area contributed by atoms with Crippen molar-refractivity contribution in [3.05, 3.63) is 154 Å². The van der Waals surface area contributed by atoms with Gasteiger partial charge < -0.3 is 9.58 Å². The molecule has 0 aliphatic heterocycles. The number of hydrogen-bond donors (Lipinski definition) is 0. The van der Waals surface area contributed by atoms with E-state index < -0.39 is 29.1 Å². The summed E-state index contributed by atoms with van der Waals surface area (Å²) in [6.07, 6.45) is 5.74. The minimum absolute atomic E-state index is 0.134. The first kappa shape index (κ1) is 34.9. The van der Waals surface area contributed by atoms with Crippen LogP contribution in [0.5, 0.6) is 0 Å². The maximum atomic E-state index is 16.8. The zero-order valence-electron chi connectivity index (χ0n) is 30.5. The van der Waals surface area contributed by atoms with Gasteiger partial charge in [-0.1, -0.05) is 91.0 Å². The Morgan fingerprint density at radius 2 is 1.49 bits per heavy atom. The van der Waals surface area contributed by atoms with Crippen molar-refractivity contribution >= 4 is 17.0 Å². The first-order valence-corrected chi connectivity index (χ1v) is 19.2. The third kappa shape index (κ3) is 5.88. The van der Waals surface area contributed by atoms with E-state index in [0.29, 0.717) is 17.5 Å². The summed E-state index contributed by atoms with van der Waals surface area (Å²) in [6.45, 7) is 9.80. The average molecular weight is 735 g/mol. The fourth-order valence-electron chi connectivity index (χ4n) is 9.60. The molecule has 4 atom stereocenters.